The second-order valence-corrected chi connectivity index (χ2v) is 7.10. The molecule has 2 aliphatic carbocycles. The second-order valence-electron chi connectivity index (χ2n) is 7.10. The third kappa shape index (κ3) is 3.45. The average molecular weight is 308 g/mol. The molecule has 2 saturated carbocycles. The van der Waals surface area contributed by atoms with E-state index in [9.17, 15) is 9.59 Å². The summed E-state index contributed by atoms with van der Waals surface area (Å²) in [7, 11) is 0. The molecule has 1 heterocycles. The number of rotatable bonds is 4. The molecule has 0 aromatic heterocycles. The Morgan fingerprint density at radius 1 is 1.00 bits per heavy atom. The van der Waals surface area contributed by atoms with Crippen LogP contribution in [-0.4, -0.2) is 36.1 Å². The maximum atomic E-state index is 13.0. The van der Waals surface area contributed by atoms with Crippen molar-refractivity contribution < 1.29 is 14.3 Å². The molecular formula is C17H28N2O3. The molecule has 0 bridgehead atoms. The van der Waals surface area contributed by atoms with Crippen molar-refractivity contribution in [3.8, 4) is 0 Å². The van der Waals surface area contributed by atoms with Crippen LogP contribution in [0.3, 0.4) is 0 Å². The van der Waals surface area contributed by atoms with E-state index in [2.05, 4.69) is 10.6 Å². The van der Waals surface area contributed by atoms with E-state index in [-0.39, 0.29) is 17.9 Å². The van der Waals surface area contributed by atoms with Crippen LogP contribution < -0.4 is 10.6 Å². The lowest BCUT2D eigenvalue weighted by Gasteiger charge is -2.39. The number of hydrogen-bond donors (Lipinski definition) is 2. The van der Waals surface area contributed by atoms with E-state index >= 15 is 0 Å². The summed E-state index contributed by atoms with van der Waals surface area (Å²) in [6, 6.07) is 0.00702. The van der Waals surface area contributed by atoms with Crippen LogP contribution in [0.4, 0.5) is 0 Å². The normalized spacial score (nSPS) is 29.1. The van der Waals surface area contributed by atoms with Crippen molar-refractivity contribution in [1.82, 2.24) is 10.6 Å². The number of carbonyl (C=O) groups excluding carboxylic acids is 2. The van der Waals surface area contributed by atoms with Crippen molar-refractivity contribution in [2.75, 3.05) is 6.61 Å². The van der Waals surface area contributed by atoms with Crippen LogP contribution in [0.5, 0.6) is 0 Å². The largest absolute Gasteiger partial charge is 0.464 e. The molecule has 5 nitrogen and oxygen atoms in total. The van der Waals surface area contributed by atoms with Crippen LogP contribution in [0, 0.1) is 0 Å². The van der Waals surface area contributed by atoms with Gasteiger partial charge in [-0.15, -0.1) is 0 Å². The molecular weight excluding hydrogens is 280 g/mol. The predicted molar refractivity (Wildman–Crippen MR) is 83.3 cm³/mol. The minimum atomic E-state index is -0.566. The van der Waals surface area contributed by atoms with Crippen molar-refractivity contribution >= 4 is 11.9 Å². The van der Waals surface area contributed by atoms with E-state index in [0.29, 0.717) is 19.1 Å². The minimum absolute atomic E-state index is 0.110. The maximum Gasteiger partial charge on any atom is 0.323 e. The third-order valence-electron chi connectivity index (χ3n) is 5.47. The van der Waals surface area contributed by atoms with E-state index in [4.69, 9.17) is 4.74 Å². The zero-order valence-corrected chi connectivity index (χ0v) is 13.4. The van der Waals surface area contributed by atoms with E-state index in [1.165, 1.54) is 25.7 Å². The Hall–Kier alpha value is -1.10. The molecule has 1 saturated heterocycles. The van der Waals surface area contributed by atoms with Gasteiger partial charge in [0, 0.05) is 12.5 Å². The van der Waals surface area contributed by atoms with Crippen LogP contribution in [0.1, 0.15) is 70.6 Å². The first kappa shape index (κ1) is 15.8. The lowest BCUT2D eigenvalue weighted by atomic mass is 9.79. The van der Waals surface area contributed by atoms with Gasteiger partial charge in [0.2, 0.25) is 5.91 Å². The monoisotopic (exact) mass is 308 g/mol. The summed E-state index contributed by atoms with van der Waals surface area (Å²) in [5, 5.41) is 6.65. The fraction of sp³-hybridized carbons (Fsp3) is 0.882. The van der Waals surface area contributed by atoms with Crippen LogP contribution in [0.2, 0.25) is 0 Å². The molecule has 0 unspecified atom stereocenters. The van der Waals surface area contributed by atoms with Crippen molar-refractivity contribution in [2.24, 2.45) is 0 Å². The van der Waals surface area contributed by atoms with E-state index in [1.54, 1.807) is 0 Å². The molecule has 1 atom stereocenters. The summed E-state index contributed by atoms with van der Waals surface area (Å²) in [5.74, 6) is -0.0887. The van der Waals surface area contributed by atoms with Gasteiger partial charge in [-0.25, -0.2) is 0 Å². The van der Waals surface area contributed by atoms with Gasteiger partial charge < -0.3 is 10.1 Å². The van der Waals surface area contributed by atoms with Crippen molar-refractivity contribution in [2.45, 2.75) is 88.3 Å². The molecule has 2 N–H and O–H groups in total. The number of esters is 1. The van der Waals surface area contributed by atoms with Crippen LogP contribution >= 0.6 is 0 Å². The lowest BCUT2D eigenvalue weighted by molar-refractivity contribution is -0.141. The molecule has 3 fully saturated rings. The summed E-state index contributed by atoms with van der Waals surface area (Å²) < 4.78 is 5.05. The van der Waals surface area contributed by atoms with Gasteiger partial charge in [0.1, 0.15) is 6.04 Å². The van der Waals surface area contributed by atoms with Gasteiger partial charge in [0.15, 0.2) is 0 Å². The molecule has 0 aromatic carbocycles. The maximum absolute atomic E-state index is 13.0. The summed E-state index contributed by atoms with van der Waals surface area (Å²) >= 11 is 0. The van der Waals surface area contributed by atoms with E-state index in [1.807, 2.05) is 0 Å². The standard InChI is InChI=1S/C17H28N2O3/c20-15-14(9-12-22-15)19-17(10-5-2-6-11-17)16(21)18-13-7-3-1-4-8-13/h13-14,19H,1-12H2,(H,18,21)/t14-/m0/s1. The van der Waals surface area contributed by atoms with Gasteiger partial charge in [0.25, 0.3) is 0 Å². The Morgan fingerprint density at radius 2 is 1.68 bits per heavy atom. The first-order valence-electron chi connectivity index (χ1n) is 8.95. The Morgan fingerprint density at radius 3 is 2.32 bits per heavy atom. The zero-order chi connectivity index (χ0) is 15.4. The molecule has 1 aliphatic heterocycles. The highest BCUT2D eigenvalue weighted by molar-refractivity contribution is 5.88. The topological polar surface area (TPSA) is 67.4 Å². The average Bonchev–Trinajstić information content (AvgIpc) is 2.94. The fourth-order valence-corrected chi connectivity index (χ4v) is 4.12. The highest BCUT2D eigenvalue weighted by Crippen LogP contribution is 2.31. The number of ether oxygens (including phenoxy) is 1. The molecule has 0 radical (unpaired) electrons. The number of amides is 1. The van der Waals surface area contributed by atoms with E-state index < -0.39 is 5.54 Å². The molecule has 124 valence electrons. The van der Waals surface area contributed by atoms with Crippen molar-refractivity contribution in [3.63, 3.8) is 0 Å². The van der Waals surface area contributed by atoms with Gasteiger partial charge in [-0.05, 0) is 25.7 Å². The number of nitrogens with one attached hydrogen (secondary N) is 2. The Balaban J connectivity index is 1.67. The molecule has 22 heavy (non-hydrogen) atoms. The van der Waals surface area contributed by atoms with Gasteiger partial charge in [-0.3, -0.25) is 14.9 Å². The SMILES string of the molecule is O=C1OCC[C@@H]1NC1(C(=O)NC2CCCCC2)CCCCC1. The molecule has 0 aromatic rings. The highest BCUT2D eigenvalue weighted by Gasteiger charge is 2.44. The van der Waals surface area contributed by atoms with Gasteiger partial charge >= 0.3 is 5.97 Å². The predicted octanol–water partition coefficient (Wildman–Crippen LogP) is 2.04. The Kier molecular flexibility index (Phi) is 5.01. The van der Waals surface area contributed by atoms with Gasteiger partial charge in [-0.2, -0.15) is 0 Å². The van der Waals surface area contributed by atoms with E-state index in [0.717, 1.165) is 38.5 Å². The Bertz CT molecular complexity index is 412. The summed E-state index contributed by atoms with van der Waals surface area (Å²) in [4.78, 5) is 24.7. The van der Waals surface area contributed by atoms with Crippen LogP contribution in [-0.2, 0) is 14.3 Å². The fourth-order valence-electron chi connectivity index (χ4n) is 4.12. The van der Waals surface area contributed by atoms with Crippen molar-refractivity contribution in [1.29, 1.82) is 0 Å². The number of carbonyl (C=O) groups is 2. The van der Waals surface area contributed by atoms with Gasteiger partial charge in [0.05, 0.1) is 12.1 Å². The summed E-state index contributed by atoms with van der Waals surface area (Å²) in [6.45, 7) is 0.469. The molecule has 1 amide bonds. The zero-order valence-electron chi connectivity index (χ0n) is 13.4. The summed E-state index contributed by atoms with van der Waals surface area (Å²) in [6.07, 6.45) is 11.5. The quantitative estimate of drug-likeness (QED) is 0.780. The molecule has 3 rings (SSSR count). The first-order valence-corrected chi connectivity index (χ1v) is 8.95. The first-order chi connectivity index (χ1) is 10.7. The third-order valence-corrected chi connectivity index (χ3v) is 5.47. The van der Waals surface area contributed by atoms with Crippen molar-refractivity contribution in [3.05, 3.63) is 0 Å². The van der Waals surface area contributed by atoms with Crippen LogP contribution in [0.15, 0.2) is 0 Å². The summed E-state index contributed by atoms with van der Waals surface area (Å²) in [5.41, 5.74) is -0.566. The molecule has 3 aliphatic rings. The highest BCUT2D eigenvalue weighted by atomic mass is 16.5. The smallest absolute Gasteiger partial charge is 0.323 e. The van der Waals surface area contributed by atoms with Crippen LogP contribution in [0.25, 0.3) is 0 Å². The minimum Gasteiger partial charge on any atom is -0.464 e. The number of cyclic esters (lactones) is 1. The molecule has 0 spiro atoms. The molecule has 5 heteroatoms. The lowest BCUT2D eigenvalue weighted by Crippen LogP contribution is -2.62. The number of hydrogen-bond acceptors (Lipinski definition) is 4. The van der Waals surface area contributed by atoms with Gasteiger partial charge in [-0.1, -0.05) is 38.5 Å². The Labute approximate surface area is 132 Å². The second kappa shape index (κ2) is 6.99.